The van der Waals surface area contributed by atoms with Gasteiger partial charge in [0.2, 0.25) is 0 Å². The van der Waals surface area contributed by atoms with Crippen molar-refractivity contribution in [2.24, 2.45) is 5.92 Å². The number of hydrogen-bond donors (Lipinski definition) is 0. The molecular formula is C18H27NO. The van der Waals surface area contributed by atoms with Crippen molar-refractivity contribution in [1.82, 2.24) is 4.90 Å². The molecule has 0 aliphatic heterocycles. The van der Waals surface area contributed by atoms with E-state index in [0.717, 1.165) is 23.2 Å². The van der Waals surface area contributed by atoms with E-state index >= 15 is 0 Å². The predicted octanol–water partition coefficient (Wildman–Crippen LogP) is 4.00. The highest BCUT2D eigenvalue weighted by Crippen LogP contribution is 2.30. The molecule has 0 radical (unpaired) electrons. The van der Waals surface area contributed by atoms with Crippen LogP contribution in [0.15, 0.2) is 18.2 Å². The number of carbonyl (C=O) groups is 1. The van der Waals surface area contributed by atoms with Gasteiger partial charge in [-0.25, -0.2) is 0 Å². The van der Waals surface area contributed by atoms with Gasteiger partial charge in [-0.1, -0.05) is 31.5 Å². The lowest BCUT2D eigenvalue weighted by atomic mass is 9.97. The highest BCUT2D eigenvalue weighted by molar-refractivity contribution is 6.01. The Morgan fingerprint density at radius 3 is 2.45 bits per heavy atom. The third-order valence-electron chi connectivity index (χ3n) is 4.13. The topological polar surface area (TPSA) is 20.3 Å². The first-order valence-electron chi connectivity index (χ1n) is 7.77. The van der Waals surface area contributed by atoms with Crippen LogP contribution in [-0.4, -0.2) is 29.3 Å². The number of nitrogens with zero attached hydrogens (tertiary/aromatic N) is 1. The highest BCUT2D eigenvalue weighted by Gasteiger charge is 2.35. The summed E-state index contributed by atoms with van der Waals surface area (Å²) in [5, 5.41) is 0. The number of aryl methyl sites for hydroxylation is 2. The van der Waals surface area contributed by atoms with Gasteiger partial charge in [0, 0.05) is 18.2 Å². The van der Waals surface area contributed by atoms with Crippen molar-refractivity contribution in [1.29, 1.82) is 0 Å². The summed E-state index contributed by atoms with van der Waals surface area (Å²) in [6.45, 7) is 11.6. The van der Waals surface area contributed by atoms with Crippen LogP contribution >= 0.6 is 0 Å². The Balaban J connectivity index is 2.19. The van der Waals surface area contributed by atoms with Gasteiger partial charge in [0.05, 0.1) is 6.04 Å². The second-order valence-electron chi connectivity index (χ2n) is 6.68. The van der Waals surface area contributed by atoms with Gasteiger partial charge in [-0.3, -0.25) is 9.69 Å². The van der Waals surface area contributed by atoms with E-state index in [1.54, 1.807) is 0 Å². The fourth-order valence-electron chi connectivity index (χ4n) is 2.83. The predicted molar refractivity (Wildman–Crippen MR) is 84.3 cm³/mol. The normalized spacial score (nSPS) is 16.8. The SMILES string of the molecule is Cc1ccc(C)c(C(=O)C(C)N(CC(C)C)C2CC2)c1. The molecule has 1 fully saturated rings. The average molecular weight is 273 g/mol. The van der Waals surface area contributed by atoms with Crippen molar-refractivity contribution in [3.05, 3.63) is 34.9 Å². The summed E-state index contributed by atoms with van der Waals surface area (Å²) < 4.78 is 0. The van der Waals surface area contributed by atoms with Gasteiger partial charge in [0.15, 0.2) is 5.78 Å². The summed E-state index contributed by atoms with van der Waals surface area (Å²) >= 11 is 0. The van der Waals surface area contributed by atoms with Gasteiger partial charge >= 0.3 is 0 Å². The smallest absolute Gasteiger partial charge is 0.179 e. The molecule has 1 atom stereocenters. The summed E-state index contributed by atoms with van der Waals surface area (Å²) in [6.07, 6.45) is 2.49. The molecule has 0 spiro atoms. The number of ketones is 1. The molecule has 1 unspecified atom stereocenters. The van der Waals surface area contributed by atoms with Crippen LogP contribution in [0.2, 0.25) is 0 Å². The van der Waals surface area contributed by atoms with Crippen molar-refractivity contribution < 1.29 is 4.79 Å². The molecule has 2 nitrogen and oxygen atoms in total. The quantitative estimate of drug-likeness (QED) is 0.730. The van der Waals surface area contributed by atoms with E-state index in [4.69, 9.17) is 0 Å². The summed E-state index contributed by atoms with van der Waals surface area (Å²) in [6, 6.07) is 6.78. The highest BCUT2D eigenvalue weighted by atomic mass is 16.1. The third-order valence-corrected chi connectivity index (χ3v) is 4.13. The number of carbonyl (C=O) groups excluding carboxylic acids is 1. The number of rotatable bonds is 6. The van der Waals surface area contributed by atoms with E-state index in [1.165, 1.54) is 12.8 Å². The molecule has 110 valence electrons. The monoisotopic (exact) mass is 273 g/mol. The fourth-order valence-corrected chi connectivity index (χ4v) is 2.83. The molecule has 0 amide bonds. The van der Waals surface area contributed by atoms with Crippen LogP contribution in [0.3, 0.4) is 0 Å². The van der Waals surface area contributed by atoms with Gasteiger partial charge in [0.1, 0.15) is 0 Å². The lowest BCUT2D eigenvalue weighted by molar-refractivity contribution is 0.0807. The van der Waals surface area contributed by atoms with Crippen LogP contribution < -0.4 is 0 Å². The Bertz CT molecular complexity index is 488. The van der Waals surface area contributed by atoms with Crippen molar-refractivity contribution in [2.45, 2.75) is 59.5 Å². The Morgan fingerprint density at radius 2 is 1.90 bits per heavy atom. The Morgan fingerprint density at radius 1 is 1.25 bits per heavy atom. The van der Waals surface area contributed by atoms with E-state index in [2.05, 4.69) is 37.8 Å². The van der Waals surface area contributed by atoms with Crippen LogP contribution in [0, 0.1) is 19.8 Å². The molecule has 20 heavy (non-hydrogen) atoms. The molecular weight excluding hydrogens is 246 g/mol. The standard InChI is InChI=1S/C18H27NO/c1-12(2)11-19(16-8-9-16)15(5)18(20)17-10-13(3)6-7-14(17)4/h6-7,10,12,15-16H,8-9,11H2,1-5H3. The molecule has 2 rings (SSSR count). The summed E-state index contributed by atoms with van der Waals surface area (Å²) in [7, 11) is 0. The first-order valence-corrected chi connectivity index (χ1v) is 7.77. The van der Waals surface area contributed by atoms with E-state index in [0.29, 0.717) is 12.0 Å². The first-order chi connectivity index (χ1) is 9.40. The Hall–Kier alpha value is -1.15. The van der Waals surface area contributed by atoms with Gasteiger partial charge in [-0.2, -0.15) is 0 Å². The third kappa shape index (κ3) is 3.49. The second kappa shape index (κ2) is 6.09. The zero-order valence-corrected chi connectivity index (χ0v) is 13.4. The Labute approximate surface area is 123 Å². The van der Waals surface area contributed by atoms with E-state index in [-0.39, 0.29) is 11.8 Å². The lowest BCUT2D eigenvalue weighted by Gasteiger charge is -2.30. The maximum atomic E-state index is 12.8. The Kier molecular flexibility index (Phi) is 4.64. The molecule has 2 heteroatoms. The van der Waals surface area contributed by atoms with E-state index in [1.807, 2.05) is 19.9 Å². The zero-order chi connectivity index (χ0) is 14.9. The van der Waals surface area contributed by atoms with E-state index in [9.17, 15) is 4.79 Å². The molecule has 1 aromatic carbocycles. The number of Topliss-reactive ketones (excluding diaryl/α,β-unsaturated/α-hetero) is 1. The molecule has 1 aliphatic carbocycles. The molecule has 0 saturated heterocycles. The number of hydrogen-bond acceptors (Lipinski definition) is 2. The van der Waals surface area contributed by atoms with Gasteiger partial charge in [-0.05, 0) is 51.2 Å². The van der Waals surface area contributed by atoms with Crippen molar-refractivity contribution in [3.8, 4) is 0 Å². The maximum absolute atomic E-state index is 12.8. The molecule has 0 N–H and O–H groups in total. The molecule has 0 aromatic heterocycles. The minimum atomic E-state index is -0.00889. The van der Waals surface area contributed by atoms with Crippen molar-refractivity contribution in [2.75, 3.05) is 6.54 Å². The fraction of sp³-hybridized carbons (Fsp3) is 0.611. The molecule has 1 aliphatic rings. The van der Waals surface area contributed by atoms with Gasteiger partial charge in [0.25, 0.3) is 0 Å². The van der Waals surface area contributed by atoms with Crippen LogP contribution in [0.25, 0.3) is 0 Å². The largest absolute Gasteiger partial charge is 0.292 e. The van der Waals surface area contributed by atoms with Crippen LogP contribution in [0.5, 0.6) is 0 Å². The van der Waals surface area contributed by atoms with Crippen LogP contribution in [-0.2, 0) is 0 Å². The second-order valence-corrected chi connectivity index (χ2v) is 6.68. The van der Waals surface area contributed by atoms with Crippen LogP contribution in [0.1, 0.15) is 55.1 Å². The van der Waals surface area contributed by atoms with Crippen molar-refractivity contribution >= 4 is 5.78 Å². The van der Waals surface area contributed by atoms with E-state index < -0.39 is 0 Å². The van der Waals surface area contributed by atoms with Crippen LogP contribution in [0.4, 0.5) is 0 Å². The molecule has 0 bridgehead atoms. The van der Waals surface area contributed by atoms with Gasteiger partial charge < -0.3 is 0 Å². The lowest BCUT2D eigenvalue weighted by Crippen LogP contribution is -2.42. The summed E-state index contributed by atoms with van der Waals surface area (Å²) in [4.78, 5) is 15.2. The van der Waals surface area contributed by atoms with Gasteiger partial charge in [-0.15, -0.1) is 0 Å². The molecule has 0 heterocycles. The zero-order valence-electron chi connectivity index (χ0n) is 13.4. The number of benzene rings is 1. The first kappa shape index (κ1) is 15.2. The molecule has 1 aromatic rings. The minimum absolute atomic E-state index is 0.00889. The summed E-state index contributed by atoms with van der Waals surface area (Å²) in [5.74, 6) is 0.878. The molecule has 1 saturated carbocycles. The average Bonchev–Trinajstić information content (AvgIpc) is 3.21. The van der Waals surface area contributed by atoms with Crippen molar-refractivity contribution in [3.63, 3.8) is 0 Å². The summed E-state index contributed by atoms with van der Waals surface area (Å²) in [5.41, 5.74) is 3.15. The minimum Gasteiger partial charge on any atom is -0.292 e. The maximum Gasteiger partial charge on any atom is 0.179 e.